The Balaban J connectivity index is 1.90. The van der Waals surface area contributed by atoms with Gasteiger partial charge < -0.3 is 9.88 Å². The number of para-hydroxylation sites is 2. The highest BCUT2D eigenvalue weighted by molar-refractivity contribution is 6.36. The van der Waals surface area contributed by atoms with Crippen LogP contribution in [0.1, 0.15) is 18.1 Å². The summed E-state index contributed by atoms with van der Waals surface area (Å²) in [6.07, 6.45) is 3.96. The number of nitrogens with one attached hydrogen (secondary N) is 1. The first kappa shape index (κ1) is 12.9. The highest BCUT2D eigenvalue weighted by Crippen LogP contribution is 2.38. The van der Waals surface area contributed by atoms with Crippen LogP contribution in [0.25, 0.3) is 22.6 Å². The lowest BCUT2D eigenvalue weighted by Crippen LogP contribution is -2.25. The lowest BCUT2D eigenvalue weighted by molar-refractivity contribution is -0.112. The van der Waals surface area contributed by atoms with Gasteiger partial charge >= 0.3 is 0 Å². The number of anilines is 1. The first-order chi connectivity index (χ1) is 10.8. The minimum atomic E-state index is 0.0778. The lowest BCUT2D eigenvalue weighted by atomic mass is 10.0. The second-order valence-corrected chi connectivity index (χ2v) is 5.41. The number of carbonyl (C=O) groups is 1. The molecule has 3 nitrogen and oxygen atoms in total. The topological polar surface area (TPSA) is 36.1 Å². The predicted octanol–water partition coefficient (Wildman–Crippen LogP) is 4.08. The van der Waals surface area contributed by atoms with Crippen molar-refractivity contribution in [1.29, 1.82) is 0 Å². The minimum Gasteiger partial charge on any atom is -0.361 e. The van der Waals surface area contributed by atoms with Crippen molar-refractivity contribution in [2.75, 3.05) is 11.4 Å². The van der Waals surface area contributed by atoms with Crippen molar-refractivity contribution in [2.45, 2.75) is 6.92 Å². The van der Waals surface area contributed by atoms with Gasteiger partial charge in [0, 0.05) is 40.3 Å². The molecule has 3 aromatic rings. The lowest BCUT2D eigenvalue weighted by Gasteiger charge is -2.13. The third-order valence-corrected chi connectivity index (χ3v) is 4.20. The van der Waals surface area contributed by atoms with Gasteiger partial charge in [-0.05, 0) is 25.1 Å². The molecule has 108 valence electrons. The van der Waals surface area contributed by atoms with E-state index in [1.165, 1.54) is 0 Å². The molecule has 0 fully saturated rings. The largest absolute Gasteiger partial charge is 0.361 e. The monoisotopic (exact) mass is 288 g/mol. The number of benzene rings is 2. The first-order valence-electron chi connectivity index (χ1n) is 7.48. The van der Waals surface area contributed by atoms with E-state index in [0.717, 1.165) is 33.3 Å². The summed E-state index contributed by atoms with van der Waals surface area (Å²) in [7, 11) is 0. The van der Waals surface area contributed by atoms with Gasteiger partial charge in [0.1, 0.15) is 0 Å². The summed E-state index contributed by atoms with van der Waals surface area (Å²) in [5.41, 5.74) is 4.91. The van der Waals surface area contributed by atoms with E-state index < -0.39 is 0 Å². The van der Waals surface area contributed by atoms with E-state index in [0.29, 0.717) is 6.54 Å². The molecule has 0 saturated heterocycles. The summed E-state index contributed by atoms with van der Waals surface area (Å²) in [4.78, 5) is 17.8. The zero-order chi connectivity index (χ0) is 15.1. The van der Waals surface area contributed by atoms with Gasteiger partial charge in [0.05, 0.1) is 5.69 Å². The van der Waals surface area contributed by atoms with E-state index in [1.807, 2.05) is 66.6 Å². The molecule has 1 aliphatic heterocycles. The van der Waals surface area contributed by atoms with Crippen LogP contribution in [0.15, 0.2) is 54.7 Å². The van der Waals surface area contributed by atoms with E-state index in [4.69, 9.17) is 0 Å². The molecule has 3 heteroatoms. The minimum absolute atomic E-state index is 0.0778. The molecule has 1 amide bonds. The van der Waals surface area contributed by atoms with Crippen LogP contribution in [-0.2, 0) is 4.79 Å². The molecule has 1 N–H and O–H groups in total. The maximum Gasteiger partial charge on any atom is 0.258 e. The van der Waals surface area contributed by atoms with Crippen LogP contribution in [0.4, 0.5) is 5.69 Å². The summed E-state index contributed by atoms with van der Waals surface area (Å²) < 4.78 is 0. The molecule has 1 aliphatic rings. The third kappa shape index (κ3) is 1.79. The summed E-state index contributed by atoms with van der Waals surface area (Å²) in [5, 5.41) is 1.13. The van der Waals surface area contributed by atoms with Crippen molar-refractivity contribution in [1.82, 2.24) is 4.98 Å². The van der Waals surface area contributed by atoms with E-state index in [-0.39, 0.29) is 5.91 Å². The Morgan fingerprint density at radius 3 is 2.73 bits per heavy atom. The Morgan fingerprint density at radius 2 is 1.86 bits per heavy atom. The van der Waals surface area contributed by atoms with Gasteiger partial charge in [-0.3, -0.25) is 4.79 Å². The molecule has 0 radical (unpaired) electrons. The normalized spacial score (nSPS) is 15.8. The van der Waals surface area contributed by atoms with Gasteiger partial charge in [0.25, 0.3) is 5.91 Å². The Labute approximate surface area is 128 Å². The van der Waals surface area contributed by atoms with Gasteiger partial charge in [-0.2, -0.15) is 0 Å². The second kappa shape index (κ2) is 4.88. The van der Waals surface area contributed by atoms with Crippen molar-refractivity contribution >= 4 is 34.1 Å². The molecule has 2 heterocycles. The van der Waals surface area contributed by atoms with Crippen molar-refractivity contribution in [3.8, 4) is 0 Å². The summed E-state index contributed by atoms with van der Waals surface area (Å²) in [6.45, 7) is 2.68. The number of rotatable bonds is 2. The molecule has 0 atom stereocenters. The van der Waals surface area contributed by atoms with Crippen LogP contribution in [0.5, 0.6) is 0 Å². The number of amides is 1. The van der Waals surface area contributed by atoms with Gasteiger partial charge in [0.2, 0.25) is 0 Å². The molecule has 0 unspecified atom stereocenters. The molecule has 22 heavy (non-hydrogen) atoms. The van der Waals surface area contributed by atoms with Crippen LogP contribution in [0.3, 0.4) is 0 Å². The fourth-order valence-electron chi connectivity index (χ4n) is 3.13. The number of nitrogens with zero attached hydrogens (tertiary/aromatic N) is 1. The smallest absolute Gasteiger partial charge is 0.258 e. The number of likely N-dealkylation sites (N-methyl/N-ethyl adjacent to an activating group) is 1. The molecule has 0 saturated carbocycles. The number of hydrogen-bond acceptors (Lipinski definition) is 1. The molecular weight excluding hydrogens is 272 g/mol. The van der Waals surface area contributed by atoms with Crippen LogP contribution in [-0.4, -0.2) is 17.4 Å². The summed E-state index contributed by atoms with van der Waals surface area (Å²) >= 11 is 0. The number of aromatic nitrogens is 1. The number of carbonyl (C=O) groups excluding carboxylic acids is 1. The molecule has 1 aromatic heterocycles. The van der Waals surface area contributed by atoms with Crippen LogP contribution in [0, 0.1) is 0 Å². The van der Waals surface area contributed by atoms with Crippen LogP contribution >= 0.6 is 0 Å². The molecule has 2 aromatic carbocycles. The molecular formula is C19H16N2O. The van der Waals surface area contributed by atoms with Crippen molar-refractivity contribution in [3.63, 3.8) is 0 Å². The zero-order valence-corrected chi connectivity index (χ0v) is 12.3. The third-order valence-electron chi connectivity index (χ3n) is 4.20. The Bertz CT molecular complexity index is 904. The standard InChI is InChI=1S/C19H16N2O/c1-2-21-18-10-6-4-8-15(18)16(19(21)22)11-13-12-20-17-9-5-3-7-14(13)17/h3-12,20H,2H2,1H3/b16-11+. The highest BCUT2D eigenvalue weighted by Gasteiger charge is 2.30. The zero-order valence-electron chi connectivity index (χ0n) is 12.3. The van der Waals surface area contributed by atoms with E-state index in [2.05, 4.69) is 11.1 Å². The quantitative estimate of drug-likeness (QED) is 0.709. The van der Waals surface area contributed by atoms with E-state index in [1.54, 1.807) is 0 Å². The van der Waals surface area contributed by atoms with Gasteiger partial charge in [-0.15, -0.1) is 0 Å². The SMILES string of the molecule is CCN1C(=O)/C(=C/c2c[nH]c3ccccc23)c2ccccc21. The van der Waals surface area contributed by atoms with Gasteiger partial charge in [-0.1, -0.05) is 36.4 Å². The maximum atomic E-state index is 12.7. The molecule has 0 bridgehead atoms. The number of aromatic amines is 1. The van der Waals surface area contributed by atoms with Crippen molar-refractivity contribution in [3.05, 3.63) is 65.9 Å². The van der Waals surface area contributed by atoms with Gasteiger partial charge in [0.15, 0.2) is 0 Å². The van der Waals surface area contributed by atoms with E-state index in [9.17, 15) is 4.79 Å². The fourth-order valence-corrected chi connectivity index (χ4v) is 3.13. The van der Waals surface area contributed by atoms with Gasteiger partial charge in [-0.25, -0.2) is 0 Å². The predicted molar refractivity (Wildman–Crippen MR) is 90.6 cm³/mol. The number of fused-ring (bicyclic) bond motifs is 2. The summed E-state index contributed by atoms with van der Waals surface area (Å²) in [6, 6.07) is 16.1. The van der Waals surface area contributed by atoms with Crippen molar-refractivity contribution in [2.24, 2.45) is 0 Å². The number of hydrogen-bond donors (Lipinski definition) is 1. The highest BCUT2D eigenvalue weighted by atomic mass is 16.2. The maximum absolute atomic E-state index is 12.7. The van der Waals surface area contributed by atoms with Crippen molar-refractivity contribution < 1.29 is 4.79 Å². The van der Waals surface area contributed by atoms with E-state index >= 15 is 0 Å². The average molecular weight is 288 g/mol. The average Bonchev–Trinajstić information content (AvgIpc) is 3.08. The Kier molecular flexibility index (Phi) is 2.86. The number of H-pyrrole nitrogens is 1. The fraction of sp³-hybridized carbons (Fsp3) is 0.105. The summed E-state index contributed by atoms with van der Waals surface area (Å²) in [5.74, 6) is 0.0778. The second-order valence-electron chi connectivity index (χ2n) is 5.41. The van der Waals surface area contributed by atoms with Crippen LogP contribution < -0.4 is 4.90 Å². The Morgan fingerprint density at radius 1 is 1.09 bits per heavy atom. The van der Waals surface area contributed by atoms with Crippen LogP contribution in [0.2, 0.25) is 0 Å². The molecule has 0 aliphatic carbocycles. The Hall–Kier alpha value is -2.81. The molecule has 4 rings (SSSR count). The first-order valence-corrected chi connectivity index (χ1v) is 7.48. The molecule has 0 spiro atoms.